The number of hydrogen-bond acceptors (Lipinski definition) is 1. The van der Waals surface area contributed by atoms with Crippen molar-refractivity contribution < 1.29 is 4.74 Å². The van der Waals surface area contributed by atoms with Crippen LogP contribution in [-0.2, 0) is 0 Å². The lowest BCUT2D eigenvalue weighted by molar-refractivity contribution is 0.415. The number of aromatic nitrogens is 1. The molecule has 0 saturated carbocycles. The van der Waals surface area contributed by atoms with Crippen molar-refractivity contribution in [3.63, 3.8) is 0 Å². The Balaban J connectivity index is 2.01. The quantitative estimate of drug-likeness (QED) is 0.422. The summed E-state index contributed by atoms with van der Waals surface area (Å²) in [4.78, 5) is 3.53. The number of nitrogens with one attached hydrogen (secondary N) is 1. The fourth-order valence-corrected chi connectivity index (χ4v) is 3.31. The van der Waals surface area contributed by atoms with Gasteiger partial charge in [0, 0.05) is 27.1 Å². The van der Waals surface area contributed by atoms with Gasteiger partial charge in [-0.05, 0) is 47.5 Å². The van der Waals surface area contributed by atoms with Crippen LogP contribution in [0.25, 0.3) is 33.3 Å². The number of aromatic amines is 1. The van der Waals surface area contributed by atoms with Crippen molar-refractivity contribution in [3.05, 3.63) is 76.8 Å². The zero-order chi connectivity index (χ0) is 17.4. The van der Waals surface area contributed by atoms with Gasteiger partial charge in [-0.1, -0.05) is 47.5 Å². The second-order valence-electron chi connectivity index (χ2n) is 5.80. The average molecular weight is 368 g/mol. The smallest absolute Gasteiger partial charge is 0.120 e. The van der Waals surface area contributed by atoms with Gasteiger partial charge in [0.15, 0.2) is 0 Å². The van der Waals surface area contributed by atoms with Gasteiger partial charge in [0.25, 0.3) is 0 Å². The molecule has 0 amide bonds. The van der Waals surface area contributed by atoms with Gasteiger partial charge in [-0.15, -0.1) is 0 Å². The van der Waals surface area contributed by atoms with Crippen LogP contribution in [0.3, 0.4) is 0 Å². The third-order valence-corrected chi connectivity index (χ3v) is 4.78. The molecule has 0 saturated heterocycles. The van der Waals surface area contributed by atoms with Crippen molar-refractivity contribution in [1.29, 1.82) is 0 Å². The van der Waals surface area contributed by atoms with Gasteiger partial charge in [0.05, 0.1) is 18.3 Å². The Bertz CT molecular complexity index is 1030. The third kappa shape index (κ3) is 2.99. The van der Waals surface area contributed by atoms with Crippen molar-refractivity contribution in [1.82, 2.24) is 4.98 Å². The molecule has 1 N–H and O–H groups in total. The number of benzene rings is 3. The van der Waals surface area contributed by atoms with Crippen LogP contribution in [0, 0.1) is 0 Å². The molecule has 0 atom stereocenters. The Kier molecular flexibility index (Phi) is 4.16. The summed E-state index contributed by atoms with van der Waals surface area (Å²) in [6, 6.07) is 21.8. The van der Waals surface area contributed by atoms with Crippen molar-refractivity contribution in [2.45, 2.75) is 0 Å². The molecule has 124 valence electrons. The molecule has 0 aliphatic heterocycles. The molecule has 1 heterocycles. The van der Waals surface area contributed by atoms with Gasteiger partial charge < -0.3 is 9.72 Å². The summed E-state index contributed by atoms with van der Waals surface area (Å²) in [5.41, 5.74) is 5.38. The number of ether oxygens (including phenoxy) is 1. The SMILES string of the molecule is COc1ccc2c(-c3ccc(Cl)cc3)c(-c3ccc(Cl)cc3)[nH]c2c1. The van der Waals surface area contributed by atoms with Crippen LogP contribution < -0.4 is 4.74 Å². The van der Waals surface area contributed by atoms with E-state index in [1.54, 1.807) is 7.11 Å². The molecule has 0 spiro atoms. The van der Waals surface area contributed by atoms with E-state index < -0.39 is 0 Å². The zero-order valence-corrected chi connectivity index (χ0v) is 15.0. The van der Waals surface area contributed by atoms with Crippen LogP contribution in [0.5, 0.6) is 5.75 Å². The molecule has 3 aromatic carbocycles. The largest absolute Gasteiger partial charge is 0.497 e. The highest BCUT2D eigenvalue weighted by molar-refractivity contribution is 6.31. The van der Waals surface area contributed by atoms with E-state index in [-0.39, 0.29) is 0 Å². The minimum atomic E-state index is 0.717. The fourth-order valence-electron chi connectivity index (χ4n) is 3.05. The fraction of sp³-hybridized carbons (Fsp3) is 0.0476. The maximum atomic E-state index is 6.07. The van der Waals surface area contributed by atoms with E-state index >= 15 is 0 Å². The predicted octanol–water partition coefficient (Wildman–Crippen LogP) is 6.82. The highest BCUT2D eigenvalue weighted by Gasteiger charge is 2.15. The molecule has 0 fully saturated rings. The molecule has 1 aromatic heterocycles. The summed E-state index contributed by atoms with van der Waals surface area (Å²) < 4.78 is 5.36. The van der Waals surface area contributed by atoms with Crippen LogP contribution >= 0.6 is 23.2 Å². The Morgan fingerprint density at radius 2 is 1.36 bits per heavy atom. The van der Waals surface area contributed by atoms with Crippen LogP contribution in [0.1, 0.15) is 0 Å². The average Bonchev–Trinajstić information content (AvgIpc) is 3.01. The van der Waals surface area contributed by atoms with Crippen molar-refractivity contribution in [2.75, 3.05) is 7.11 Å². The number of H-pyrrole nitrogens is 1. The van der Waals surface area contributed by atoms with Gasteiger partial charge in [-0.25, -0.2) is 0 Å². The maximum absolute atomic E-state index is 6.07. The molecule has 0 aliphatic carbocycles. The lowest BCUT2D eigenvalue weighted by atomic mass is 9.98. The number of methoxy groups -OCH3 is 1. The number of fused-ring (bicyclic) bond motifs is 1. The molecule has 4 aromatic rings. The van der Waals surface area contributed by atoms with Gasteiger partial charge in [-0.2, -0.15) is 0 Å². The van der Waals surface area contributed by atoms with Gasteiger partial charge in [0.2, 0.25) is 0 Å². The molecule has 25 heavy (non-hydrogen) atoms. The van der Waals surface area contributed by atoms with Gasteiger partial charge >= 0.3 is 0 Å². The summed E-state index contributed by atoms with van der Waals surface area (Å²) in [7, 11) is 1.67. The van der Waals surface area contributed by atoms with E-state index in [0.29, 0.717) is 0 Å². The monoisotopic (exact) mass is 367 g/mol. The number of hydrogen-bond donors (Lipinski definition) is 1. The van der Waals surface area contributed by atoms with E-state index in [9.17, 15) is 0 Å². The minimum Gasteiger partial charge on any atom is -0.497 e. The second-order valence-corrected chi connectivity index (χ2v) is 6.67. The Morgan fingerprint density at radius 1 is 0.760 bits per heavy atom. The molecular formula is C21H15Cl2NO. The third-order valence-electron chi connectivity index (χ3n) is 4.27. The first-order valence-corrected chi connectivity index (χ1v) is 8.63. The van der Waals surface area contributed by atoms with E-state index in [4.69, 9.17) is 27.9 Å². The van der Waals surface area contributed by atoms with Crippen LogP contribution in [0.2, 0.25) is 10.0 Å². The zero-order valence-electron chi connectivity index (χ0n) is 13.5. The number of rotatable bonds is 3. The molecular weight excluding hydrogens is 353 g/mol. The first-order valence-electron chi connectivity index (χ1n) is 7.87. The minimum absolute atomic E-state index is 0.717. The highest BCUT2D eigenvalue weighted by atomic mass is 35.5. The lowest BCUT2D eigenvalue weighted by Crippen LogP contribution is -1.83. The lowest BCUT2D eigenvalue weighted by Gasteiger charge is -2.06. The first-order chi connectivity index (χ1) is 12.2. The first kappa shape index (κ1) is 16.1. The molecule has 2 nitrogen and oxygen atoms in total. The number of halogens is 2. The Labute approximate surface area is 156 Å². The van der Waals surface area contributed by atoms with Crippen molar-refractivity contribution >= 4 is 34.1 Å². The molecule has 0 aliphatic rings. The van der Waals surface area contributed by atoms with Crippen molar-refractivity contribution in [3.8, 4) is 28.1 Å². The van der Waals surface area contributed by atoms with Crippen molar-refractivity contribution in [2.24, 2.45) is 0 Å². The van der Waals surface area contributed by atoms with E-state index in [1.165, 1.54) is 0 Å². The molecule has 0 bridgehead atoms. The topological polar surface area (TPSA) is 25.0 Å². The summed E-state index contributed by atoms with van der Waals surface area (Å²) in [6.07, 6.45) is 0. The Morgan fingerprint density at radius 3 is 1.96 bits per heavy atom. The molecule has 0 unspecified atom stereocenters. The molecule has 4 rings (SSSR count). The van der Waals surface area contributed by atoms with Crippen LogP contribution in [0.15, 0.2) is 66.7 Å². The summed E-state index contributed by atoms with van der Waals surface area (Å²) in [5.74, 6) is 0.819. The standard InChI is InChI=1S/C21H15Cl2NO/c1-25-17-10-11-18-19(12-17)24-21(14-4-8-16(23)9-5-14)20(18)13-2-6-15(22)7-3-13/h2-12,24H,1H3. The van der Waals surface area contributed by atoms with Crippen LogP contribution in [-0.4, -0.2) is 12.1 Å². The predicted molar refractivity (Wildman–Crippen MR) is 106 cm³/mol. The summed E-state index contributed by atoms with van der Waals surface area (Å²) >= 11 is 12.1. The molecule has 0 radical (unpaired) electrons. The second kappa shape index (κ2) is 6.47. The van der Waals surface area contributed by atoms with Gasteiger partial charge in [-0.3, -0.25) is 0 Å². The van der Waals surface area contributed by atoms with E-state index in [1.807, 2.05) is 60.7 Å². The Hall–Kier alpha value is -2.42. The highest BCUT2D eigenvalue weighted by Crippen LogP contribution is 2.39. The normalized spacial score (nSPS) is 11.0. The van der Waals surface area contributed by atoms with E-state index in [0.717, 1.165) is 49.1 Å². The van der Waals surface area contributed by atoms with Crippen LogP contribution in [0.4, 0.5) is 0 Å². The summed E-state index contributed by atoms with van der Waals surface area (Å²) in [5, 5.41) is 2.57. The van der Waals surface area contributed by atoms with E-state index in [2.05, 4.69) is 11.1 Å². The van der Waals surface area contributed by atoms with Gasteiger partial charge in [0.1, 0.15) is 5.75 Å². The summed E-state index contributed by atoms with van der Waals surface area (Å²) in [6.45, 7) is 0. The maximum Gasteiger partial charge on any atom is 0.120 e. The molecule has 4 heteroatoms.